The van der Waals surface area contributed by atoms with Crippen molar-refractivity contribution in [3.05, 3.63) is 12.2 Å². The van der Waals surface area contributed by atoms with Crippen molar-refractivity contribution in [2.24, 2.45) is 0 Å². The van der Waals surface area contributed by atoms with Crippen LogP contribution in [0.15, 0.2) is 12.2 Å². The lowest BCUT2D eigenvalue weighted by Gasteiger charge is -2.17. The molecule has 0 saturated heterocycles. The molecule has 0 radical (unpaired) electrons. The molecule has 0 fully saturated rings. The minimum Gasteiger partial charge on any atom is -0.286 e. The number of hydrogen-bond acceptors (Lipinski definition) is 2. The van der Waals surface area contributed by atoms with Crippen LogP contribution in [0.2, 0.25) is 0 Å². The lowest BCUT2D eigenvalue weighted by atomic mass is 10.4. The molecule has 0 aromatic heterocycles. The molecule has 2 nitrogen and oxygen atoms in total. The first-order valence-corrected chi connectivity index (χ1v) is 5.68. The Bertz CT molecular complexity index is 115. The standard InChI is InChI=1S/C9H21N2P/c1-4-7-8-9-11(6-3)12-10-5-2/h7-8,10,12H,4-6,9H2,1-3H3/b8-7-. The van der Waals surface area contributed by atoms with Crippen molar-refractivity contribution >= 4 is 8.88 Å². The molecule has 0 amide bonds. The summed E-state index contributed by atoms with van der Waals surface area (Å²) < 4.78 is 2.40. The highest BCUT2D eigenvalue weighted by atomic mass is 31.1. The molecule has 1 N–H and O–H groups in total. The molecule has 0 aliphatic heterocycles. The van der Waals surface area contributed by atoms with Gasteiger partial charge in [-0.25, -0.2) is 0 Å². The Morgan fingerprint density at radius 3 is 2.50 bits per heavy atom. The van der Waals surface area contributed by atoms with E-state index in [2.05, 4.69) is 42.7 Å². The highest BCUT2D eigenvalue weighted by Gasteiger charge is 1.96. The average molecular weight is 188 g/mol. The summed E-state index contributed by atoms with van der Waals surface area (Å²) in [5.74, 6) is 0. The van der Waals surface area contributed by atoms with Crippen molar-refractivity contribution in [2.75, 3.05) is 19.6 Å². The maximum atomic E-state index is 3.35. The first-order chi connectivity index (χ1) is 5.85. The third-order valence-corrected chi connectivity index (χ3v) is 2.85. The van der Waals surface area contributed by atoms with E-state index < -0.39 is 0 Å². The normalized spacial score (nSPS) is 12.7. The fraction of sp³-hybridized carbons (Fsp3) is 0.778. The molecule has 72 valence electrons. The topological polar surface area (TPSA) is 15.3 Å². The third kappa shape index (κ3) is 6.78. The van der Waals surface area contributed by atoms with E-state index in [9.17, 15) is 0 Å². The van der Waals surface area contributed by atoms with Gasteiger partial charge in [-0.05, 0) is 13.0 Å². The van der Waals surface area contributed by atoms with Crippen LogP contribution in [0.25, 0.3) is 0 Å². The minimum atomic E-state index is 0.767. The van der Waals surface area contributed by atoms with Gasteiger partial charge in [0, 0.05) is 22.0 Å². The van der Waals surface area contributed by atoms with Crippen LogP contribution in [0.5, 0.6) is 0 Å². The van der Waals surface area contributed by atoms with Gasteiger partial charge < -0.3 is 0 Å². The largest absolute Gasteiger partial charge is 0.286 e. The van der Waals surface area contributed by atoms with E-state index in [1.807, 2.05) is 0 Å². The Labute approximate surface area is 78.3 Å². The van der Waals surface area contributed by atoms with Gasteiger partial charge in [-0.2, -0.15) is 0 Å². The second-order valence-electron chi connectivity index (χ2n) is 2.56. The Hall–Kier alpha value is 0.0900. The summed E-state index contributed by atoms with van der Waals surface area (Å²) in [4.78, 5) is 0. The number of hydrogen-bond donors (Lipinski definition) is 1. The van der Waals surface area contributed by atoms with E-state index in [1.54, 1.807) is 0 Å². The molecule has 0 aliphatic carbocycles. The number of nitrogens with zero attached hydrogens (tertiary/aromatic N) is 1. The molecule has 0 saturated carbocycles. The molecule has 0 aromatic rings. The maximum Gasteiger partial charge on any atom is 0.0214 e. The summed E-state index contributed by atoms with van der Waals surface area (Å²) in [6, 6.07) is 0. The highest BCUT2D eigenvalue weighted by molar-refractivity contribution is 7.32. The molecule has 1 unspecified atom stereocenters. The van der Waals surface area contributed by atoms with Crippen molar-refractivity contribution in [1.29, 1.82) is 0 Å². The second-order valence-corrected chi connectivity index (χ2v) is 3.77. The van der Waals surface area contributed by atoms with E-state index in [-0.39, 0.29) is 0 Å². The Morgan fingerprint density at radius 1 is 1.25 bits per heavy atom. The fourth-order valence-electron chi connectivity index (χ4n) is 0.813. The average Bonchev–Trinajstić information content (AvgIpc) is 2.11. The molecular weight excluding hydrogens is 167 g/mol. The van der Waals surface area contributed by atoms with Gasteiger partial charge in [-0.15, -0.1) is 0 Å². The van der Waals surface area contributed by atoms with Crippen molar-refractivity contribution in [3.8, 4) is 0 Å². The van der Waals surface area contributed by atoms with Crippen LogP contribution in [-0.4, -0.2) is 24.3 Å². The minimum absolute atomic E-state index is 0.767. The van der Waals surface area contributed by atoms with Crippen LogP contribution in [0, 0.1) is 0 Å². The zero-order valence-corrected chi connectivity index (χ0v) is 9.43. The summed E-state index contributed by atoms with van der Waals surface area (Å²) in [7, 11) is 0.767. The number of rotatable bonds is 7. The summed E-state index contributed by atoms with van der Waals surface area (Å²) in [6.45, 7) is 9.77. The van der Waals surface area contributed by atoms with Crippen LogP contribution < -0.4 is 5.09 Å². The molecule has 0 spiro atoms. The number of allylic oxidation sites excluding steroid dienone is 1. The molecule has 0 aromatic carbocycles. The predicted molar refractivity (Wildman–Crippen MR) is 58.7 cm³/mol. The van der Waals surface area contributed by atoms with E-state index in [4.69, 9.17) is 0 Å². The fourth-order valence-corrected chi connectivity index (χ4v) is 1.55. The van der Waals surface area contributed by atoms with Crippen LogP contribution in [0.1, 0.15) is 27.2 Å². The summed E-state index contributed by atoms with van der Waals surface area (Å²) in [5, 5.41) is 3.35. The molecule has 3 heteroatoms. The lowest BCUT2D eigenvalue weighted by Crippen LogP contribution is -2.18. The monoisotopic (exact) mass is 188 g/mol. The third-order valence-electron chi connectivity index (χ3n) is 1.52. The van der Waals surface area contributed by atoms with Crippen LogP contribution in [0.3, 0.4) is 0 Å². The van der Waals surface area contributed by atoms with Crippen LogP contribution >= 0.6 is 8.88 Å². The van der Waals surface area contributed by atoms with E-state index in [0.717, 1.165) is 34.9 Å². The Morgan fingerprint density at radius 2 is 2.00 bits per heavy atom. The van der Waals surface area contributed by atoms with Gasteiger partial charge in [-0.1, -0.05) is 32.9 Å². The highest BCUT2D eigenvalue weighted by Crippen LogP contribution is 2.11. The molecule has 1 atom stereocenters. The molecule has 0 aliphatic rings. The first kappa shape index (κ1) is 12.1. The SMILES string of the molecule is CC/C=C\CN(CC)PNCC. The second kappa shape index (κ2) is 9.18. The number of nitrogens with one attached hydrogen (secondary N) is 1. The van der Waals surface area contributed by atoms with Gasteiger partial charge in [0.15, 0.2) is 0 Å². The molecule has 12 heavy (non-hydrogen) atoms. The molecule has 0 heterocycles. The Kier molecular flexibility index (Phi) is 9.25. The van der Waals surface area contributed by atoms with Crippen molar-refractivity contribution < 1.29 is 0 Å². The smallest absolute Gasteiger partial charge is 0.0214 e. The summed E-state index contributed by atoms with van der Waals surface area (Å²) >= 11 is 0. The first-order valence-electron chi connectivity index (χ1n) is 4.73. The van der Waals surface area contributed by atoms with Crippen LogP contribution in [0.4, 0.5) is 0 Å². The van der Waals surface area contributed by atoms with E-state index in [0.29, 0.717) is 0 Å². The summed E-state index contributed by atoms with van der Waals surface area (Å²) in [6.07, 6.45) is 5.61. The van der Waals surface area contributed by atoms with Gasteiger partial charge in [0.05, 0.1) is 0 Å². The van der Waals surface area contributed by atoms with Gasteiger partial charge >= 0.3 is 0 Å². The molecule has 0 bridgehead atoms. The van der Waals surface area contributed by atoms with Gasteiger partial charge in [-0.3, -0.25) is 9.76 Å². The number of likely N-dealkylation sites (N-methyl/N-ethyl adjacent to an activating group) is 1. The summed E-state index contributed by atoms with van der Waals surface area (Å²) in [5.41, 5.74) is 0. The quantitative estimate of drug-likeness (QED) is 0.487. The zero-order valence-electron chi connectivity index (χ0n) is 8.43. The van der Waals surface area contributed by atoms with Crippen molar-refractivity contribution in [2.45, 2.75) is 27.2 Å². The lowest BCUT2D eigenvalue weighted by molar-refractivity contribution is 0.534. The zero-order chi connectivity index (χ0) is 9.23. The maximum absolute atomic E-state index is 3.35. The van der Waals surface area contributed by atoms with E-state index in [1.165, 1.54) is 0 Å². The van der Waals surface area contributed by atoms with Gasteiger partial charge in [0.1, 0.15) is 0 Å². The van der Waals surface area contributed by atoms with Crippen molar-refractivity contribution in [1.82, 2.24) is 9.76 Å². The molecular formula is C9H21N2P. The van der Waals surface area contributed by atoms with Gasteiger partial charge in [0.25, 0.3) is 0 Å². The van der Waals surface area contributed by atoms with Crippen LogP contribution in [-0.2, 0) is 0 Å². The van der Waals surface area contributed by atoms with Crippen molar-refractivity contribution in [3.63, 3.8) is 0 Å². The van der Waals surface area contributed by atoms with E-state index >= 15 is 0 Å². The molecule has 0 rings (SSSR count). The predicted octanol–water partition coefficient (Wildman–Crippen LogP) is 2.39. The van der Waals surface area contributed by atoms with Gasteiger partial charge in [0.2, 0.25) is 0 Å². The Balaban J connectivity index is 3.45.